The van der Waals surface area contributed by atoms with Crippen molar-refractivity contribution in [3.05, 3.63) is 12.0 Å². The zero-order chi connectivity index (χ0) is 12.7. The summed E-state index contributed by atoms with van der Waals surface area (Å²) < 4.78 is 6.89. The number of nitrogen functional groups attached to an aromatic ring is 1. The average Bonchev–Trinajstić information content (AvgIpc) is 3.02. The molecular formula is C12H17N5O. The van der Waals surface area contributed by atoms with E-state index in [1.807, 2.05) is 0 Å². The number of aromatic nitrogens is 4. The molecule has 2 aromatic rings. The van der Waals surface area contributed by atoms with Crippen LogP contribution in [0, 0.1) is 5.92 Å². The van der Waals surface area contributed by atoms with E-state index in [-0.39, 0.29) is 0 Å². The third kappa shape index (κ3) is 1.77. The molecule has 18 heavy (non-hydrogen) atoms. The maximum Gasteiger partial charge on any atom is 0.263 e. The molecule has 0 amide bonds. The SMILES string of the molecule is CC1CCC(c2noc(-c3cnn(C)c3N)n2)C1. The van der Waals surface area contributed by atoms with Crippen molar-refractivity contribution in [2.75, 3.05) is 5.73 Å². The highest BCUT2D eigenvalue weighted by atomic mass is 16.5. The minimum Gasteiger partial charge on any atom is -0.383 e. The predicted octanol–water partition coefficient (Wildman–Crippen LogP) is 1.96. The maximum absolute atomic E-state index is 5.89. The second kappa shape index (κ2) is 4.12. The summed E-state index contributed by atoms with van der Waals surface area (Å²) in [6.45, 7) is 2.26. The van der Waals surface area contributed by atoms with Crippen molar-refractivity contribution in [3.8, 4) is 11.5 Å². The largest absolute Gasteiger partial charge is 0.383 e. The Morgan fingerprint density at radius 3 is 2.89 bits per heavy atom. The van der Waals surface area contributed by atoms with Crippen LogP contribution in [0.5, 0.6) is 0 Å². The zero-order valence-corrected chi connectivity index (χ0v) is 10.6. The first-order chi connectivity index (χ1) is 8.65. The standard InChI is InChI=1S/C12H17N5O/c1-7-3-4-8(5-7)11-15-12(18-16-11)9-6-14-17(2)10(9)13/h6-8H,3-5,13H2,1-2H3. The molecule has 2 N–H and O–H groups in total. The number of nitrogens with two attached hydrogens (primary N) is 1. The van der Waals surface area contributed by atoms with Crippen LogP contribution in [0.15, 0.2) is 10.7 Å². The fourth-order valence-corrected chi connectivity index (χ4v) is 2.56. The molecule has 6 nitrogen and oxygen atoms in total. The quantitative estimate of drug-likeness (QED) is 0.877. The Morgan fingerprint density at radius 2 is 2.28 bits per heavy atom. The fourth-order valence-electron chi connectivity index (χ4n) is 2.56. The molecule has 2 atom stereocenters. The Kier molecular flexibility index (Phi) is 2.57. The first kappa shape index (κ1) is 11.3. The van der Waals surface area contributed by atoms with E-state index in [1.54, 1.807) is 17.9 Å². The van der Waals surface area contributed by atoms with Crippen LogP contribution in [-0.4, -0.2) is 19.9 Å². The van der Waals surface area contributed by atoms with Gasteiger partial charge in [0.25, 0.3) is 5.89 Å². The van der Waals surface area contributed by atoms with Gasteiger partial charge in [0.1, 0.15) is 11.4 Å². The molecule has 1 aliphatic carbocycles. The molecule has 96 valence electrons. The van der Waals surface area contributed by atoms with Crippen LogP contribution in [-0.2, 0) is 7.05 Å². The molecule has 2 unspecified atom stereocenters. The van der Waals surface area contributed by atoms with Crippen molar-refractivity contribution < 1.29 is 4.52 Å². The molecule has 6 heteroatoms. The molecule has 0 bridgehead atoms. The molecule has 0 spiro atoms. The van der Waals surface area contributed by atoms with E-state index in [2.05, 4.69) is 22.2 Å². The lowest BCUT2D eigenvalue weighted by Gasteiger charge is -2.01. The van der Waals surface area contributed by atoms with Crippen molar-refractivity contribution in [2.24, 2.45) is 13.0 Å². The van der Waals surface area contributed by atoms with Crippen molar-refractivity contribution in [1.29, 1.82) is 0 Å². The molecule has 0 aliphatic heterocycles. The van der Waals surface area contributed by atoms with Crippen LogP contribution in [0.2, 0.25) is 0 Å². The van der Waals surface area contributed by atoms with Gasteiger partial charge in [0.2, 0.25) is 0 Å². The number of hydrogen-bond donors (Lipinski definition) is 1. The molecule has 0 saturated heterocycles. The number of hydrogen-bond acceptors (Lipinski definition) is 5. The fraction of sp³-hybridized carbons (Fsp3) is 0.583. The first-order valence-electron chi connectivity index (χ1n) is 6.26. The second-order valence-corrected chi connectivity index (χ2v) is 5.14. The van der Waals surface area contributed by atoms with E-state index in [0.717, 1.165) is 24.6 Å². The number of nitrogens with zero attached hydrogens (tertiary/aromatic N) is 4. The Labute approximate surface area is 105 Å². The minimum atomic E-state index is 0.426. The van der Waals surface area contributed by atoms with Crippen molar-refractivity contribution in [3.63, 3.8) is 0 Å². The summed E-state index contributed by atoms with van der Waals surface area (Å²) in [7, 11) is 1.79. The Hall–Kier alpha value is -1.85. The Bertz CT molecular complexity index is 559. The van der Waals surface area contributed by atoms with Crippen LogP contribution in [0.1, 0.15) is 37.9 Å². The van der Waals surface area contributed by atoms with E-state index in [1.165, 1.54) is 6.42 Å². The monoisotopic (exact) mass is 247 g/mol. The molecule has 3 rings (SSSR count). The number of anilines is 1. The molecule has 0 radical (unpaired) electrons. The van der Waals surface area contributed by atoms with E-state index in [0.29, 0.717) is 23.2 Å². The summed E-state index contributed by atoms with van der Waals surface area (Å²) in [6, 6.07) is 0. The van der Waals surface area contributed by atoms with Crippen LogP contribution in [0.25, 0.3) is 11.5 Å². The summed E-state index contributed by atoms with van der Waals surface area (Å²) in [5, 5.41) is 8.16. The lowest BCUT2D eigenvalue weighted by Crippen LogP contribution is -1.98. The van der Waals surface area contributed by atoms with Gasteiger partial charge in [0, 0.05) is 13.0 Å². The summed E-state index contributed by atoms with van der Waals surface area (Å²) >= 11 is 0. The Balaban J connectivity index is 1.87. The first-order valence-corrected chi connectivity index (χ1v) is 6.26. The van der Waals surface area contributed by atoms with E-state index in [9.17, 15) is 0 Å². The van der Waals surface area contributed by atoms with Crippen molar-refractivity contribution in [1.82, 2.24) is 19.9 Å². The highest BCUT2D eigenvalue weighted by molar-refractivity contribution is 5.66. The van der Waals surface area contributed by atoms with Gasteiger partial charge in [-0.3, -0.25) is 4.68 Å². The molecule has 1 aliphatic rings. The van der Waals surface area contributed by atoms with Gasteiger partial charge in [-0.05, 0) is 25.2 Å². The normalized spacial score (nSPS) is 23.7. The molecule has 2 aromatic heterocycles. The van der Waals surface area contributed by atoms with Gasteiger partial charge in [-0.1, -0.05) is 12.1 Å². The number of rotatable bonds is 2. The van der Waals surface area contributed by atoms with Crippen LogP contribution in [0.3, 0.4) is 0 Å². The third-order valence-electron chi connectivity index (χ3n) is 3.72. The van der Waals surface area contributed by atoms with Crippen LogP contribution in [0.4, 0.5) is 5.82 Å². The highest BCUT2D eigenvalue weighted by Gasteiger charge is 2.27. The molecule has 1 saturated carbocycles. The van der Waals surface area contributed by atoms with E-state index in [4.69, 9.17) is 10.3 Å². The molecule has 0 aromatic carbocycles. The summed E-state index contributed by atoms with van der Waals surface area (Å²) in [6.07, 6.45) is 5.18. The van der Waals surface area contributed by atoms with Gasteiger partial charge in [-0.15, -0.1) is 0 Å². The minimum absolute atomic E-state index is 0.426. The maximum atomic E-state index is 5.89. The van der Waals surface area contributed by atoms with Gasteiger partial charge < -0.3 is 10.3 Å². The van der Waals surface area contributed by atoms with Crippen LogP contribution < -0.4 is 5.73 Å². The Morgan fingerprint density at radius 1 is 1.44 bits per heavy atom. The van der Waals surface area contributed by atoms with Crippen molar-refractivity contribution in [2.45, 2.75) is 32.1 Å². The molecule has 1 fully saturated rings. The second-order valence-electron chi connectivity index (χ2n) is 5.14. The summed E-state index contributed by atoms with van der Waals surface area (Å²) in [4.78, 5) is 4.46. The van der Waals surface area contributed by atoms with Gasteiger partial charge in [0.05, 0.1) is 6.20 Å². The highest BCUT2D eigenvalue weighted by Crippen LogP contribution is 2.37. The predicted molar refractivity (Wildman–Crippen MR) is 66.7 cm³/mol. The third-order valence-corrected chi connectivity index (χ3v) is 3.72. The van der Waals surface area contributed by atoms with Gasteiger partial charge in [-0.25, -0.2) is 0 Å². The smallest absolute Gasteiger partial charge is 0.263 e. The van der Waals surface area contributed by atoms with Crippen molar-refractivity contribution >= 4 is 5.82 Å². The number of aryl methyl sites for hydroxylation is 1. The van der Waals surface area contributed by atoms with Crippen LogP contribution >= 0.6 is 0 Å². The van der Waals surface area contributed by atoms with Gasteiger partial charge >= 0.3 is 0 Å². The summed E-state index contributed by atoms with van der Waals surface area (Å²) in [5.74, 6) is 2.99. The lowest BCUT2D eigenvalue weighted by atomic mass is 10.1. The van der Waals surface area contributed by atoms with Gasteiger partial charge in [0.15, 0.2) is 5.82 Å². The zero-order valence-electron chi connectivity index (χ0n) is 10.6. The lowest BCUT2D eigenvalue weighted by molar-refractivity contribution is 0.415. The van der Waals surface area contributed by atoms with E-state index >= 15 is 0 Å². The topological polar surface area (TPSA) is 82.8 Å². The van der Waals surface area contributed by atoms with Gasteiger partial charge in [-0.2, -0.15) is 10.1 Å². The molecule has 2 heterocycles. The van der Waals surface area contributed by atoms with E-state index < -0.39 is 0 Å². The molecular weight excluding hydrogens is 230 g/mol. The average molecular weight is 247 g/mol. The summed E-state index contributed by atoms with van der Waals surface area (Å²) in [5.41, 5.74) is 6.60.